The minimum Gasteiger partial charge on any atom is -0.464 e. The number of benzene rings is 1. The van der Waals surface area contributed by atoms with Gasteiger partial charge in [0.25, 0.3) is 0 Å². The Balaban J connectivity index is 1.52. The van der Waals surface area contributed by atoms with E-state index in [1.54, 1.807) is 6.26 Å². The van der Waals surface area contributed by atoms with Crippen LogP contribution in [0.4, 0.5) is 0 Å². The predicted molar refractivity (Wildman–Crippen MR) is 119 cm³/mol. The summed E-state index contributed by atoms with van der Waals surface area (Å²) in [5, 5.41) is 8.74. The third-order valence-corrected chi connectivity index (χ3v) is 6.31. The fraction of sp³-hybridized carbons (Fsp3) is 0.455. The Bertz CT molecular complexity index is 1120. The molecule has 2 aromatic heterocycles. The van der Waals surface area contributed by atoms with E-state index in [-0.39, 0.29) is 5.92 Å². The van der Waals surface area contributed by atoms with E-state index < -0.39 is 16.1 Å². The lowest BCUT2D eigenvalue weighted by Gasteiger charge is -2.23. The summed E-state index contributed by atoms with van der Waals surface area (Å²) in [6, 6.07) is 11.8. The molecule has 0 aliphatic carbocycles. The lowest BCUT2D eigenvalue weighted by Crippen LogP contribution is -2.33. The van der Waals surface area contributed by atoms with Gasteiger partial charge >= 0.3 is 0 Å². The number of aromatic nitrogens is 3. The van der Waals surface area contributed by atoms with Crippen molar-refractivity contribution in [2.45, 2.75) is 39.4 Å². The summed E-state index contributed by atoms with van der Waals surface area (Å²) in [4.78, 5) is 2.40. The van der Waals surface area contributed by atoms with E-state index in [0.29, 0.717) is 5.82 Å². The number of furan rings is 1. The first-order valence-electron chi connectivity index (χ1n) is 10.6. The fourth-order valence-corrected chi connectivity index (χ4v) is 4.90. The van der Waals surface area contributed by atoms with Gasteiger partial charge in [-0.05, 0) is 23.6 Å². The molecule has 8 nitrogen and oxygen atoms in total. The van der Waals surface area contributed by atoms with E-state index in [1.165, 1.54) is 11.8 Å². The molecule has 166 valence electrons. The topological polar surface area (TPSA) is 93.3 Å². The van der Waals surface area contributed by atoms with Crippen LogP contribution in [0.3, 0.4) is 0 Å². The highest BCUT2D eigenvalue weighted by atomic mass is 32.2. The highest BCUT2D eigenvalue weighted by Crippen LogP contribution is 2.27. The first kappa shape index (κ1) is 21.7. The highest BCUT2D eigenvalue weighted by Gasteiger charge is 2.28. The fourth-order valence-electron chi connectivity index (χ4n) is 4.07. The zero-order valence-electron chi connectivity index (χ0n) is 18.2. The van der Waals surface area contributed by atoms with Gasteiger partial charge in [-0.15, -0.1) is 10.2 Å². The third-order valence-electron chi connectivity index (χ3n) is 5.63. The number of nitrogens with zero attached hydrogens (tertiary/aromatic N) is 4. The monoisotopic (exact) mass is 443 g/mol. The number of sulfonamides is 1. The van der Waals surface area contributed by atoms with Crippen molar-refractivity contribution in [1.29, 1.82) is 0 Å². The van der Waals surface area contributed by atoms with Gasteiger partial charge in [0.05, 0.1) is 18.6 Å². The van der Waals surface area contributed by atoms with Crippen LogP contribution in [-0.4, -0.2) is 47.4 Å². The van der Waals surface area contributed by atoms with Crippen molar-refractivity contribution in [3.05, 3.63) is 59.9 Å². The van der Waals surface area contributed by atoms with Gasteiger partial charge in [0, 0.05) is 38.2 Å². The van der Waals surface area contributed by atoms with Gasteiger partial charge in [-0.25, -0.2) is 13.1 Å². The maximum atomic E-state index is 11.9. The molecule has 1 aromatic carbocycles. The minimum atomic E-state index is -3.36. The second-order valence-corrected chi connectivity index (χ2v) is 10.2. The van der Waals surface area contributed by atoms with Crippen molar-refractivity contribution >= 4 is 10.0 Å². The zero-order valence-corrected chi connectivity index (χ0v) is 19.0. The second kappa shape index (κ2) is 8.94. The minimum absolute atomic E-state index is 0.0579. The molecule has 0 spiro atoms. The van der Waals surface area contributed by atoms with Crippen molar-refractivity contribution < 1.29 is 12.8 Å². The molecule has 1 atom stereocenters. The van der Waals surface area contributed by atoms with Crippen molar-refractivity contribution in [2.75, 3.05) is 19.3 Å². The molecule has 3 heterocycles. The van der Waals surface area contributed by atoms with E-state index in [0.717, 1.165) is 49.7 Å². The predicted octanol–water partition coefficient (Wildman–Crippen LogP) is 2.84. The number of fused-ring (bicyclic) bond motifs is 1. The first-order chi connectivity index (χ1) is 14.8. The highest BCUT2D eigenvalue weighted by molar-refractivity contribution is 7.88. The summed E-state index contributed by atoms with van der Waals surface area (Å²) < 4.78 is 34.2. The molecule has 4 rings (SSSR count). The molecular weight excluding hydrogens is 414 g/mol. The molecule has 1 N–H and O–H groups in total. The van der Waals surface area contributed by atoms with Crippen LogP contribution in [0.25, 0.3) is 11.3 Å². The lowest BCUT2D eigenvalue weighted by molar-refractivity contribution is 0.269. The molecular formula is C22H29N5O3S. The molecule has 0 radical (unpaired) electrons. The van der Waals surface area contributed by atoms with Gasteiger partial charge in [0.2, 0.25) is 10.0 Å². The summed E-state index contributed by atoms with van der Waals surface area (Å²) >= 11 is 0. The van der Waals surface area contributed by atoms with Crippen LogP contribution in [0.15, 0.2) is 47.1 Å². The molecule has 0 saturated heterocycles. The smallest absolute Gasteiger partial charge is 0.209 e. The Morgan fingerprint density at radius 2 is 1.90 bits per heavy atom. The average molecular weight is 444 g/mol. The van der Waals surface area contributed by atoms with Crippen molar-refractivity contribution in [3.63, 3.8) is 0 Å². The van der Waals surface area contributed by atoms with Crippen LogP contribution in [0, 0.1) is 5.92 Å². The summed E-state index contributed by atoms with van der Waals surface area (Å²) in [7, 11) is -3.36. The number of nitrogens with one attached hydrogen (secondary N) is 1. The summed E-state index contributed by atoms with van der Waals surface area (Å²) in [5.74, 6) is 2.52. The molecule has 3 aromatic rings. The molecule has 0 unspecified atom stereocenters. The number of hydrogen-bond acceptors (Lipinski definition) is 6. The van der Waals surface area contributed by atoms with Gasteiger partial charge in [-0.1, -0.05) is 38.1 Å². The average Bonchev–Trinajstić information content (AvgIpc) is 3.34. The van der Waals surface area contributed by atoms with E-state index in [9.17, 15) is 8.42 Å². The zero-order chi connectivity index (χ0) is 22.0. The molecule has 1 aliphatic heterocycles. The molecule has 0 amide bonds. The maximum Gasteiger partial charge on any atom is 0.209 e. The normalized spacial score (nSPS) is 16.3. The number of rotatable bonds is 7. The molecule has 0 fully saturated rings. The van der Waals surface area contributed by atoms with E-state index in [2.05, 4.69) is 42.6 Å². The molecule has 0 bridgehead atoms. The summed E-state index contributed by atoms with van der Waals surface area (Å²) in [6.45, 7) is 7.18. The molecule has 0 saturated carbocycles. The van der Waals surface area contributed by atoms with Crippen molar-refractivity contribution in [2.24, 2.45) is 5.92 Å². The van der Waals surface area contributed by atoms with Crippen LogP contribution < -0.4 is 4.72 Å². The van der Waals surface area contributed by atoms with Gasteiger partial charge < -0.3 is 8.98 Å². The Morgan fingerprint density at radius 1 is 1.10 bits per heavy atom. The van der Waals surface area contributed by atoms with E-state index in [4.69, 9.17) is 4.42 Å². The number of hydrogen-bond donors (Lipinski definition) is 1. The largest absolute Gasteiger partial charge is 0.464 e. The van der Waals surface area contributed by atoms with Crippen molar-refractivity contribution in [1.82, 2.24) is 24.4 Å². The molecule has 1 aliphatic rings. The Hall–Kier alpha value is -2.49. The van der Waals surface area contributed by atoms with Crippen LogP contribution in [0.2, 0.25) is 0 Å². The van der Waals surface area contributed by atoms with Gasteiger partial charge in [-0.3, -0.25) is 4.90 Å². The van der Waals surface area contributed by atoms with E-state index >= 15 is 0 Å². The molecule has 31 heavy (non-hydrogen) atoms. The molecule has 9 heteroatoms. The van der Waals surface area contributed by atoms with Gasteiger partial charge in [-0.2, -0.15) is 0 Å². The standard InChI is InChI=1S/C22H29N5O3S/c1-16(2)21(25-31(3,28)29)22-24-23-20-10-11-26(12-13-27(20)22)15-17-7-4-5-8-18(17)19-9-6-14-30-19/h4-9,14,16,21,25H,10-13,15H2,1-3H3/t21-/m0/s1. The van der Waals surface area contributed by atoms with Gasteiger partial charge in [0.15, 0.2) is 5.82 Å². The Labute approximate surface area is 183 Å². The maximum absolute atomic E-state index is 11.9. The Morgan fingerprint density at radius 3 is 2.61 bits per heavy atom. The van der Waals surface area contributed by atoms with Crippen LogP contribution in [-0.2, 0) is 29.5 Å². The summed E-state index contributed by atoms with van der Waals surface area (Å²) in [5.41, 5.74) is 2.32. The summed E-state index contributed by atoms with van der Waals surface area (Å²) in [6.07, 6.45) is 3.64. The Kier molecular flexibility index (Phi) is 6.27. The lowest BCUT2D eigenvalue weighted by atomic mass is 10.0. The first-order valence-corrected chi connectivity index (χ1v) is 12.4. The van der Waals surface area contributed by atoms with E-state index in [1.807, 2.05) is 32.0 Å². The van der Waals surface area contributed by atoms with Crippen LogP contribution >= 0.6 is 0 Å². The van der Waals surface area contributed by atoms with Crippen LogP contribution in [0.5, 0.6) is 0 Å². The quantitative estimate of drug-likeness (QED) is 0.604. The third kappa shape index (κ3) is 5.06. The second-order valence-electron chi connectivity index (χ2n) is 8.40. The van der Waals surface area contributed by atoms with Gasteiger partial charge in [0.1, 0.15) is 11.6 Å². The van der Waals surface area contributed by atoms with Crippen molar-refractivity contribution in [3.8, 4) is 11.3 Å². The van der Waals surface area contributed by atoms with Crippen LogP contribution in [0.1, 0.15) is 37.1 Å². The SMILES string of the molecule is CC(C)[C@H](NS(C)(=O)=O)c1nnc2n1CCN(Cc1ccccc1-c1ccco1)CC2.